The molecule has 166 valence electrons. The molecule has 1 heterocycles. The normalized spacial score (nSPS) is 16.2. The Morgan fingerprint density at radius 1 is 0.486 bits per heavy atom. The van der Waals surface area contributed by atoms with Gasteiger partial charge >= 0.3 is 0 Å². The van der Waals surface area contributed by atoms with E-state index in [2.05, 4.69) is 123 Å². The van der Waals surface area contributed by atoms with Gasteiger partial charge in [-0.05, 0) is 56.6 Å². The number of rotatable bonds is 0. The Balaban J connectivity index is 1.66. The fourth-order valence-electron chi connectivity index (χ4n) is 7.23. The van der Waals surface area contributed by atoms with Gasteiger partial charge in [0.2, 0.25) is 0 Å². The zero-order valence-corrected chi connectivity index (χ0v) is 19.8. The van der Waals surface area contributed by atoms with Crippen LogP contribution >= 0.6 is 0 Å². The molecule has 35 heavy (non-hydrogen) atoms. The SMILES string of the molecule is CC1(C)c2ccccc2C2(c3ccccc3-c3ccccc32)c2ccc3oc4ccccc4c3c21. The number of furan rings is 1. The van der Waals surface area contributed by atoms with E-state index in [-0.39, 0.29) is 10.8 Å². The van der Waals surface area contributed by atoms with Crippen molar-refractivity contribution in [3.05, 3.63) is 143 Å². The van der Waals surface area contributed by atoms with E-state index in [0.717, 1.165) is 11.2 Å². The summed E-state index contributed by atoms with van der Waals surface area (Å²) >= 11 is 0. The molecule has 0 fully saturated rings. The average molecular weight is 449 g/mol. The quantitative estimate of drug-likeness (QED) is 0.226. The average Bonchev–Trinajstić information content (AvgIpc) is 3.42. The van der Waals surface area contributed by atoms with E-state index in [1.807, 2.05) is 0 Å². The Bertz CT molecular complexity index is 1790. The highest BCUT2D eigenvalue weighted by Gasteiger charge is 2.53. The lowest BCUT2D eigenvalue weighted by atomic mass is 9.55. The van der Waals surface area contributed by atoms with E-state index in [9.17, 15) is 0 Å². The number of hydrogen-bond acceptors (Lipinski definition) is 1. The first kappa shape index (κ1) is 19.2. The molecule has 0 atom stereocenters. The Morgan fingerprint density at radius 3 is 1.77 bits per heavy atom. The van der Waals surface area contributed by atoms with Crippen molar-refractivity contribution in [2.75, 3.05) is 0 Å². The molecule has 1 spiro atoms. The maximum absolute atomic E-state index is 6.39. The summed E-state index contributed by atoms with van der Waals surface area (Å²) in [6, 6.07) is 40.1. The van der Waals surface area contributed by atoms with E-state index >= 15 is 0 Å². The largest absolute Gasteiger partial charge is 0.456 e. The number of para-hydroxylation sites is 1. The first-order valence-corrected chi connectivity index (χ1v) is 12.4. The van der Waals surface area contributed by atoms with Crippen LogP contribution in [-0.4, -0.2) is 0 Å². The van der Waals surface area contributed by atoms with Gasteiger partial charge in [-0.1, -0.05) is 111 Å². The summed E-state index contributed by atoms with van der Waals surface area (Å²) < 4.78 is 6.39. The topological polar surface area (TPSA) is 13.1 Å². The van der Waals surface area contributed by atoms with Gasteiger partial charge in [-0.2, -0.15) is 0 Å². The van der Waals surface area contributed by atoms with Gasteiger partial charge in [0.1, 0.15) is 11.2 Å². The fraction of sp³-hybridized carbons (Fsp3) is 0.118. The number of fused-ring (bicyclic) bond motifs is 13. The Labute approximate surface area is 204 Å². The lowest BCUT2D eigenvalue weighted by molar-refractivity contribution is 0.567. The van der Waals surface area contributed by atoms with Crippen LogP contribution in [0.25, 0.3) is 33.1 Å². The molecule has 8 rings (SSSR count). The van der Waals surface area contributed by atoms with Crippen molar-refractivity contribution in [1.82, 2.24) is 0 Å². The van der Waals surface area contributed by atoms with Crippen LogP contribution in [0, 0.1) is 0 Å². The predicted molar refractivity (Wildman–Crippen MR) is 143 cm³/mol. The maximum atomic E-state index is 6.39. The molecular weight excluding hydrogens is 424 g/mol. The molecule has 0 aliphatic heterocycles. The smallest absolute Gasteiger partial charge is 0.135 e. The highest BCUT2D eigenvalue weighted by molar-refractivity contribution is 6.09. The molecule has 5 aromatic carbocycles. The van der Waals surface area contributed by atoms with Gasteiger partial charge in [-0.3, -0.25) is 0 Å². The van der Waals surface area contributed by atoms with Gasteiger partial charge in [0, 0.05) is 16.2 Å². The maximum Gasteiger partial charge on any atom is 0.135 e. The summed E-state index contributed by atoms with van der Waals surface area (Å²) in [5, 5.41) is 2.44. The van der Waals surface area contributed by atoms with Crippen LogP contribution in [-0.2, 0) is 10.8 Å². The summed E-state index contributed by atoms with van der Waals surface area (Å²) in [4.78, 5) is 0. The minimum absolute atomic E-state index is 0.185. The molecule has 1 nitrogen and oxygen atoms in total. The third kappa shape index (κ3) is 2.12. The lowest BCUT2D eigenvalue weighted by Gasteiger charge is -2.47. The Hall–Kier alpha value is -4.10. The van der Waals surface area contributed by atoms with Crippen molar-refractivity contribution in [2.45, 2.75) is 24.7 Å². The van der Waals surface area contributed by atoms with Crippen LogP contribution in [0.1, 0.15) is 47.2 Å². The molecule has 0 saturated heterocycles. The number of hydrogen-bond donors (Lipinski definition) is 0. The monoisotopic (exact) mass is 448 g/mol. The van der Waals surface area contributed by atoms with Crippen molar-refractivity contribution in [3.63, 3.8) is 0 Å². The summed E-state index contributed by atoms with van der Waals surface area (Å²) in [6.07, 6.45) is 0. The van der Waals surface area contributed by atoms with Crippen LogP contribution < -0.4 is 0 Å². The summed E-state index contributed by atoms with van der Waals surface area (Å²) in [5.74, 6) is 0. The van der Waals surface area contributed by atoms with Crippen molar-refractivity contribution in [2.24, 2.45) is 0 Å². The first-order chi connectivity index (χ1) is 17.1. The molecular formula is C34H24O. The summed E-state index contributed by atoms with van der Waals surface area (Å²) in [6.45, 7) is 4.76. The van der Waals surface area contributed by atoms with Crippen molar-refractivity contribution in [1.29, 1.82) is 0 Å². The van der Waals surface area contributed by atoms with E-state index < -0.39 is 0 Å². The van der Waals surface area contributed by atoms with E-state index in [1.165, 1.54) is 55.3 Å². The number of benzene rings is 5. The molecule has 0 saturated carbocycles. The molecule has 6 aromatic rings. The second kappa shape index (κ2) is 6.31. The zero-order chi connectivity index (χ0) is 23.4. The van der Waals surface area contributed by atoms with E-state index in [0.29, 0.717) is 0 Å². The summed E-state index contributed by atoms with van der Waals surface area (Å²) in [7, 11) is 0. The third-order valence-corrected chi connectivity index (χ3v) is 8.53. The molecule has 1 heteroatoms. The van der Waals surface area contributed by atoms with Crippen molar-refractivity contribution < 1.29 is 4.42 Å². The minimum Gasteiger partial charge on any atom is -0.456 e. The molecule has 1 aromatic heterocycles. The molecule has 0 N–H and O–H groups in total. The molecule has 0 bridgehead atoms. The molecule has 0 unspecified atom stereocenters. The zero-order valence-electron chi connectivity index (χ0n) is 19.8. The first-order valence-electron chi connectivity index (χ1n) is 12.4. The second-order valence-electron chi connectivity index (χ2n) is 10.5. The standard InChI is InChI=1S/C34H24O/c1-33(2)26-16-8-9-17-27(26)34(24-14-6-3-11-21(24)22-12-4-7-15-25(22)34)28-19-20-30-31(32(28)33)23-13-5-10-18-29(23)35-30/h3-20H,1-2H3. The molecule has 0 amide bonds. The van der Waals surface area contributed by atoms with Gasteiger partial charge in [0.15, 0.2) is 0 Å². The third-order valence-electron chi connectivity index (χ3n) is 8.53. The van der Waals surface area contributed by atoms with E-state index in [4.69, 9.17) is 4.42 Å². The van der Waals surface area contributed by atoms with Gasteiger partial charge in [0.05, 0.1) is 5.41 Å². The molecule has 2 aliphatic carbocycles. The Kier molecular flexibility index (Phi) is 3.47. The van der Waals surface area contributed by atoms with Gasteiger partial charge < -0.3 is 4.42 Å². The van der Waals surface area contributed by atoms with Crippen LogP contribution in [0.3, 0.4) is 0 Å². The second-order valence-corrected chi connectivity index (χ2v) is 10.5. The summed E-state index contributed by atoms with van der Waals surface area (Å²) in [5.41, 5.74) is 12.3. The van der Waals surface area contributed by atoms with Crippen LogP contribution in [0.15, 0.2) is 114 Å². The minimum atomic E-state index is -0.360. The highest BCUT2D eigenvalue weighted by Crippen LogP contribution is 2.63. The van der Waals surface area contributed by atoms with Crippen LogP contribution in [0.5, 0.6) is 0 Å². The van der Waals surface area contributed by atoms with Crippen molar-refractivity contribution >= 4 is 21.9 Å². The fourth-order valence-corrected chi connectivity index (χ4v) is 7.23. The van der Waals surface area contributed by atoms with Gasteiger partial charge in [-0.15, -0.1) is 0 Å². The predicted octanol–water partition coefficient (Wildman–Crippen LogP) is 8.59. The van der Waals surface area contributed by atoms with E-state index in [1.54, 1.807) is 0 Å². The molecule has 0 radical (unpaired) electrons. The van der Waals surface area contributed by atoms with Crippen LogP contribution in [0.4, 0.5) is 0 Å². The van der Waals surface area contributed by atoms with Crippen LogP contribution in [0.2, 0.25) is 0 Å². The molecule has 2 aliphatic rings. The highest BCUT2D eigenvalue weighted by atomic mass is 16.3. The Morgan fingerprint density at radius 2 is 1.06 bits per heavy atom. The lowest BCUT2D eigenvalue weighted by Crippen LogP contribution is -2.40. The van der Waals surface area contributed by atoms with Gasteiger partial charge in [0.25, 0.3) is 0 Å². The van der Waals surface area contributed by atoms with Crippen molar-refractivity contribution in [3.8, 4) is 11.1 Å². The van der Waals surface area contributed by atoms with Gasteiger partial charge in [-0.25, -0.2) is 0 Å².